The van der Waals surface area contributed by atoms with Gasteiger partial charge < -0.3 is 14.0 Å². The molecule has 0 saturated heterocycles. The number of ether oxygens (including phenoxy) is 2. The number of methoxy groups -OCH3 is 1. The number of rotatable bonds is 4. The molecule has 1 atom stereocenters. The van der Waals surface area contributed by atoms with E-state index in [0.717, 1.165) is 16.5 Å². The minimum atomic E-state index is -0.870. The van der Waals surface area contributed by atoms with Gasteiger partial charge in [0.25, 0.3) is 0 Å². The predicted molar refractivity (Wildman–Crippen MR) is 130 cm³/mol. The molecule has 0 radical (unpaired) electrons. The fraction of sp³-hybridized carbons (Fsp3) is 0.308. The van der Waals surface area contributed by atoms with Crippen LogP contribution in [0.15, 0.2) is 54.7 Å². The van der Waals surface area contributed by atoms with Crippen molar-refractivity contribution in [2.75, 3.05) is 12.4 Å². The summed E-state index contributed by atoms with van der Waals surface area (Å²) in [6, 6.07) is 14.9. The highest BCUT2D eigenvalue weighted by atomic mass is 35.5. The van der Waals surface area contributed by atoms with Crippen molar-refractivity contribution in [3.63, 3.8) is 0 Å². The van der Waals surface area contributed by atoms with Crippen LogP contribution in [0.5, 0.6) is 0 Å². The van der Waals surface area contributed by atoms with Crippen molar-refractivity contribution < 1.29 is 19.1 Å². The fourth-order valence-electron chi connectivity index (χ4n) is 3.69. The van der Waals surface area contributed by atoms with Crippen molar-refractivity contribution in [3.05, 3.63) is 65.3 Å². The first-order valence-corrected chi connectivity index (χ1v) is 10.9. The summed E-state index contributed by atoms with van der Waals surface area (Å²) in [5.41, 5.74) is 0.834. The quantitative estimate of drug-likeness (QED) is 0.292. The molecule has 0 saturated carbocycles. The summed E-state index contributed by atoms with van der Waals surface area (Å²) in [6.45, 7) is 7.43. The molecule has 1 amide bonds. The van der Waals surface area contributed by atoms with Gasteiger partial charge in [0, 0.05) is 22.5 Å². The molecule has 0 fully saturated rings. The molecule has 6 nitrogen and oxygen atoms in total. The minimum Gasteiger partial charge on any atom is -0.459 e. The summed E-state index contributed by atoms with van der Waals surface area (Å²) in [4.78, 5) is 24.3. The number of nitrogens with zero attached hydrogens (tertiary/aromatic N) is 1. The second-order valence-electron chi connectivity index (χ2n) is 8.51. The largest absolute Gasteiger partial charge is 0.459 e. The van der Waals surface area contributed by atoms with E-state index in [-0.39, 0.29) is 0 Å². The van der Waals surface area contributed by atoms with Gasteiger partial charge in [0.2, 0.25) is 0 Å². The van der Waals surface area contributed by atoms with Crippen molar-refractivity contribution >= 4 is 40.3 Å². The standard InChI is InChI=1S/C26H27ClN2O4/c1-6-26(16-14-23(30)32-5,18-10-12-19(27)13-11-18)29-17-15-20-21(8-7-9-22(20)29)28-24(31)33-25(2,3)4/h7-13,15,17H,6H2,1-5H3,(H,28,31). The first kappa shape index (κ1) is 24.2. The summed E-state index contributed by atoms with van der Waals surface area (Å²) >= 11 is 6.12. The van der Waals surface area contributed by atoms with Crippen molar-refractivity contribution in [1.82, 2.24) is 4.57 Å². The van der Waals surface area contributed by atoms with Gasteiger partial charge in [0.05, 0.1) is 18.3 Å². The number of esters is 1. The number of amides is 1. The van der Waals surface area contributed by atoms with Crippen LogP contribution in [0.3, 0.4) is 0 Å². The number of hydrogen-bond donors (Lipinski definition) is 1. The molecule has 0 bridgehead atoms. The summed E-state index contributed by atoms with van der Waals surface area (Å²) in [5, 5.41) is 4.25. The van der Waals surface area contributed by atoms with Crippen LogP contribution in [0, 0.1) is 11.8 Å². The van der Waals surface area contributed by atoms with E-state index in [9.17, 15) is 9.59 Å². The topological polar surface area (TPSA) is 69.6 Å². The molecule has 1 aromatic heterocycles. The van der Waals surface area contributed by atoms with Crippen LogP contribution in [-0.2, 0) is 19.8 Å². The third-order valence-electron chi connectivity index (χ3n) is 5.17. The van der Waals surface area contributed by atoms with Gasteiger partial charge in [0.15, 0.2) is 0 Å². The second-order valence-corrected chi connectivity index (χ2v) is 8.95. The van der Waals surface area contributed by atoms with Crippen molar-refractivity contribution in [2.24, 2.45) is 0 Å². The Labute approximate surface area is 198 Å². The van der Waals surface area contributed by atoms with Gasteiger partial charge in [-0.15, -0.1) is 0 Å². The lowest BCUT2D eigenvalue weighted by Crippen LogP contribution is -2.32. The van der Waals surface area contributed by atoms with E-state index in [1.165, 1.54) is 7.11 Å². The molecule has 0 aliphatic heterocycles. The summed E-state index contributed by atoms with van der Waals surface area (Å²) in [6.07, 6.45) is 1.92. The Morgan fingerprint density at radius 3 is 2.39 bits per heavy atom. The molecule has 33 heavy (non-hydrogen) atoms. The summed E-state index contributed by atoms with van der Waals surface area (Å²) in [5.74, 6) is 5.13. The van der Waals surface area contributed by atoms with Crippen LogP contribution in [0.2, 0.25) is 5.02 Å². The Balaban J connectivity index is 2.17. The molecule has 0 spiro atoms. The average Bonchev–Trinajstić information content (AvgIpc) is 3.20. The van der Waals surface area contributed by atoms with E-state index in [1.54, 1.807) is 12.1 Å². The van der Waals surface area contributed by atoms with Gasteiger partial charge in [-0.1, -0.05) is 42.6 Å². The van der Waals surface area contributed by atoms with E-state index in [2.05, 4.69) is 17.2 Å². The molecule has 1 N–H and O–H groups in total. The zero-order valence-corrected chi connectivity index (χ0v) is 20.1. The molecule has 3 rings (SSSR count). The lowest BCUT2D eigenvalue weighted by Gasteiger charge is -2.31. The van der Waals surface area contributed by atoms with Gasteiger partial charge in [-0.3, -0.25) is 5.32 Å². The van der Waals surface area contributed by atoms with E-state index >= 15 is 0 Å². The Morgan fingerprint density at radius 2 is 1.79 bits per heavy atom. The van der Waals surface area contributed by atoms with Gasteiger partial charge in [0.1, 0.15) is 11.1 Å². The maximum atomic E-state index is 12.4. The van der Waals surface area contributed by atoms with Crippen LogP contribution in [0.4, 0.5) is 10.5 Å². The van der Waals surface area contributed by atoms with Crippen molar-refractivity contribution in [1.29, 1.82) is 0 Å². The highest BCUT2D eigenvalue weighted by Gasteiger charge is 2.32. The molecule has 1 heterocycles. The monoisotopic (exact) mass is 466 g/mol. The third-order valence-corrected chi connectivity index (χ3v) is 5.42. The van der Waals surface area contributed by atoms with Gasteiger partial charge in [-0.2, -0.15) is 0 Å². The molecule has 7 heteroatoms. The summed E-state index contributed by atoms with van der Waals surface area (Å²) in [7, 11) is 1.30. The Bertz CT molecular complexity index is 1230. The highest BCUT2D eigenvalue weighted by molar-refractivity contribution is 6.30. The molecule has 0 aliphatic rings. The zero-order chi connectivity index (χ0) is 24.2. The molecule has 172 valence electrons. The van der Waals surface area contributed by atoms with Gasteiger partial charge in [-0.25, -0.2) is 9.59 Å². The molecular weight excluding hydrogens is 440 g/mol. The molecule has 1 unspecified atom stereocenters. The normalized spacial score (nSPS) is 12.9. The number of carbonyl (C=O) groups is 2. The van der Waals surface area contributed by atoms with E-state index in [0.29, 0.717) is 17.1 Å². The molecule has 3 aromatic rings. The number of anilines is 1. The minimum absolute atomic E-state index is 0.535. The van der Waals surface area contributed by atoms with Crippen LogP contribution in [-0.4, -0.2) is 29.3 Å². The van der Waals surface area contributed by atoms with E-state index in [4.69, 9.17) is 21.1 Å². The van der Waals surface area contributed by atoms with Crippen molar-refractivity contribution in [2.45, 2.75) is 45.3 Å². The first-order valence-electron chi connectivity index (χ1n) is 10.6. The number of nitrogens with one attached hydrogen (secondary N) is 1. The number of hydrogen-bond acceptors (Lipinski definition) is 4. The van der Waals surface area contributed by atoms with Crippen LogP contribution >= 0.6 is 11.6 Å². The Kier molecular flexibility index (Phi) is 7.04. The zero-order valence-electron chi connectivity index (χ0n) is 19.4. The first-order chi connectivity index (χ1) is 15.6. The van der Waals surface area contributed by atoms with Crippen LogP contribution in [0.25, 0.3) is 10.9 Å². The molecule has 0 aliphatic carbocycles. The summed E-state index contributed by atoms with van der Waals surface area (Å²) < 4.78 is 12.2. The lowest BCUT2D eigenvalue weighted by atomic mass is 9.87. The Morgan fingerprint density at radius 1 is 1.09 bits per heavy atom. The maximum absolute atomic E-state index is 12.4. The number of benzene rings is 2. The van der Waals surface area contributed by atoms with Crippen LogP contribution < -0.4 is 5.32 Å². The molecule has 2 aromatic carbocycles. The van der Waals surface area contributed by atoms with Gasteiger partial charge >= 0.3 is 12.1 Å². The van der Waals surface area contributed by atoms with E-state index in [1.807, 2.05) is 74.9 Å². The van der Waals surface area contributed by atoms with Gasteiger partial charge in [-0.05, 0) is 63.1 Å². The SMILES string of the molecule is CCC(C#CC(=O)OC)(c1ccc(Cl)cc1)n1ccc2c(NC(=O)OC(C)(C)C)cccc21. The number of aromatic nitrogens is 1. The average molecular weight is 467 g/mol. The van der Waals surface area contributed by atoms with E-state index < -0.39 is 23.2 Å². The third kappa shape index (κ3) is 5.32. The maximum Gasteiger partial charge on any atom is 0.412 e. The van der Waals surface area contributed by atoms with Crippen LogP contribution in [0.1, 0.15) is 39.7 Å². The smallest absolute Gasteiger partial charge is 0.412 e. The lowest BCUT2D eigenvalue weighted by molar-refractivity contribution is -0.133. The predicted octanol–water partition coefficient (Wildman–Crippen LogP) is 5.97. The number of halogens is 1. The second kappa shape index (κ2) is 9.60. The fourth-order valence-corrected chi connectivity index (χ4v) is 3.81. The Hall–Kier alpha value is -3.43. The van der Waals surface area contributed by atoms with Crippen molar-refractivity contribution in [3.8, 4) is 11.8 Å². The number of carbonyl (C=O) groups excluding carboxylic acids is 2. The molecular formula is C26H27ClN2O4. The number of fused-ring (bicyclic) bond motifs is 1. The highest BCUT2D eigenvalue weighted by Crippen LogP contribution is 2.36.